The zero-order valence-corrected chi connectivity index (χ0v) is 15.2. The zero-order chi connectivity index (χ0) is 18.0. The molecule has 3 aromatic rings. The highest BCUT2D eigenvalue weighted by atomic mass is 35.5. The molecule has 5 nitrogen and oxygen atoms in total. The Morgan fingerprint density at radius 2 is 1.80 bits per heavy atom. The average Bonchev–Trinajstić information content (AvgIpc) is 2.85. The van der Waals surface area contributed by atoms with Gasteiger partial charge in [-0.3, -0.25) is 4.57 Å². The molecule has 0 radical (unpaired) electrons. The molecule has 0 saturated carbocycles. The lowest BCUT2D eigenvalue weighted by molar-refractivity contribution is 0.242. The molecule has 3 rings (SSSR count). The molecule has 0 spiro atoms. The van der Waals surface area contributed by atoms with E-state index in [1.54, 1.807) is 23.7 Å². The minimum absolute atomic E-state index is 0.137. The van der Waals surface area contributed by atoms with Crippen molar-refractivity contribution in [1.29, 1.82) is 0 Å². The van der Waals surface area contributed by atoms with Crippen molar-refractivity contribution in [3.05, 3.63) is 75.4 Å². The molecule has 0 aliphatic heterocycles. The van der Waals surface area contributed by atoms with Crippen LogP contribution in [0.3, 0.4) is 0 Å². The standard InChI is InChI=1S/C19H20ClN3O2/c1-13(2)25-15-10-8-14(9-11-15)12-18-21-23(19(24)22(18)3)17-7-5-4-6-16(17)20/h4-11,13H,12H2,1-3H3. The Balaban J connectivity index is 1.88. The maximum absolute atomic E-state index is 12.5. The smallest absolute Gasteiger partial charge is 0.350 e. The monoisotopic (exact) mass is 357 g/mol. The van der Waals surface area contributed by atoms with Crippen molar-refractivity contribution in [2.45, 2.75) is 26.4 Å². The lowest BCUT2D eigenvalue weighted by atomic mass is 10.1. The number of halogens is 1. The van der Waals surface area contributed by atoms with Gasteiger partial charge in [0.1, 0.15) is 11.6 Å². The fourth-order valence-electron chi connectivity index (χ4n) is 2.55. The molecule has 0 saturated heterocycles. The van der Waals surface area contributed by atoms with Crippen LogP contribution in [0.15, 0.2) is 53.3 Å². The molecule has 0 atom stereocenters. The van der Waals surface area contributed by atoms with Crippen LogP contribution in [0, 0.1) is 0 Å². The fraction of sp³-hybridized carbons (Fsp3) is 0.263. The molecule has 6 heteroatoms. The van der Waals surface area contributed by atoms with E-state index in [-0.39, 0.29) is 11.8 Å². The summed E-state index contributed by atoms with van der Waals surface area (Å²) in [6.07, 6.45) is 0.684. The highest BCUT2D eigenvalue weighted by Gasteiger charge is 2.14. The highest BCUT2D eigenvalue weighted by molar-refractivity contribution is 6.32. The summed E-state index contributed by atoms with van der Waals surface area (Å²) in [6.45, 7) is 3.98. The Hall–Kier alpha value is -2.53. The van der Waals surface area contributed by atoms with E-state index in [1.165, 1.54) is 4.68 Å². The number of aromatic nitrogens is 3. The molecular weight excluding hydrogens is 338 g/mol. The van der Waals surface area contributed by atoms with Crippen LogP contribution in [0.2, 0.25) is 5.02 Å². The molecule has 1 heterocycles. The van der Waals surface area contributed by atoms with E-state index in [0.717, 1.165) is 11.3 Å². The number of nitrogens with zero attached hydrogens (tertiary/aromatic N) is 3. The van der Waals surface area contributed by atoms with Gasteiger partial charge in [0.25, 0.3) is 0 Å². The molecule has 2 aromatic carbocycles. The van der Waals surface area contributed by atoms with E-state index in [4.69, 9.17) is 16.3 Å². The van der Waals surface area contributed by atoms with Crippen molar-refractivity contribution in [1.82, 2.24) is 14.3 Å². The van der Waals surface area contributed by atoms with Crippen LogP contribution >= 0.6 is 11.6 Å². The summed E-state index contributed by atoms with van der Waals surface area (Å²) in [6, 6.07) is 15.0. The van der Waals surface area contributed by atoms with Gasteiger partial charge in [-0.05, 0) is 43.7 Å². The van der Waals surface area contributed by atoms with Crippen LogP contribution in [0.4, 0.5) is 0 Å². The van der Waals surface area contributed by atoms with Gasteiger partial charge < -0.3 is 4.74 Å². The van der Waals surface area contributed by atoms with Gasteiger partial charge in [0.2, 0.25) is 0 Å². The zero-order valence-electron chi connectivity index (χ0n) is 14.4. The molecule has 0 unspecified atom stereocenters. The quantitative estimate of drug-likeness (QED) is 0.701. The van der Waals surface area contributed by atoms with E-state index < -0.39 is 0 Å². The van der Waals surface area contributed by atoms with Crippen LogP contribution in [0.25, 0.3) is 5.69 Å². The maximum atomic E-state index is 12.5. The van der Waals surface area contributed by atoms with Gasteiger partial charge in [-0.15, -0.1) is 5.10 Å². The van der Waals surface area contributed by atoms with Crippen LogP contribution in [0.1, 0.15) is 25.2 Å². The molecule has 0 aliphatic carbocycles. The summed E-state index contributed by atoms with van der Waals surface area (Å²) in [5.41, 5.74) is 1.41. The first-order chi connectivity index (χ1) is 12.0. The van der Waals surface area contributed by atoms with Crippen molar-refractivity contribution in [3.63, 3.8) is 0 Å². The van der Waals surface area contributed by atoms with Crippen LogP contribution in [0.5, 0.6) is 5.75 Å². The number of benzene rings is 2. The number of rotatable bonds is 5. The lowest BCUT2D eigenvalue weighted by Crippen LogP contribution is -2.22. The predicted octanol–water partition coefficient (Wildman–Crippen LogP) is 3.60. The van der Waals surface area contributed by atoms with Crippen molar-refractivity contribution in [3.8, 4) is 11.4 Å². The first-order valence-corrected chi connectivity index (χ1v) is 8.49. The summed E-state index contributed by atoms with van der Waals surface area (Å²) in [7, 11) is 1.72. The van der Waals surface area contributed by atoms with E-state index in [0.29, 0.717) is 23.0 Å². The number of para-hydroxylation sites is 1. The second kappa shape index (κ2) is 7.15. The van der Waals surface area contributed by atoms with Gasteiger partial charge in [0, 0.05) is 13.5 Å². The topological polar surface area (TPSA) is 49.1 Å². The van der Waals surface area contributed by atoms with E-state index in [1.807, 2.05) is 50.2 Å². The minimum atomic E-state index is -0.220. The summed E-state index contributed by atoms with van der Waals surface area (Å²) in [5.74, 6) is 1.50. The third kappa shape index (κ3) is 3.77. The molecule has 0 aliphatic rings. The normalized spacial score (nSPS) is 11.1. The Labute approximate surface area is 151 Å². The SMILES string of the molecule is CC(C)Oc1ccc(Cc2nn(-c3ccccc3Cl)c(=O)n2C)cc1. The van der Waals surface area contributed by atoms with Gasteiger partial charge in [-0.25, -0.2) is 4.79 Å². The largest absolute Gasteiger partial charge is 0.491 e. The molecular formula is C19H20ClN3O2. The van der Waals surface area contributed by atoms with E-state index >= 15 is 0 Å². The summed E-state index contributed by atoms with van der Waals surface area (Å²) in [5, 5.41) is 4.95. The number of hydrogen-bond donors (Lipinski definition) is 0. The van der Waals surface area contributed by atoms with Gasteiger partial charge in [-0.1, -0.05) is 35.9 Å². The fourth-order valence-corrected chi connectivity index (χ4v) is 2.77. The molecule has 130 valence electrons. The Bertz CT molecular complexity index is 927. The third-order valence-electron chi connectivity index (χ3n) is 3.81. The van der Waals surface area contributed by atoms with Gasteiger partial charge in [0.15, 0.2) is 0 Å². The number of hydrogen-bond acceptors (Lipinski definition) is 3. The summed E-state index contributed by atoms with van der Waals surface area (Å²) >= 11 is 6.19. The third-order valence-corrected chi connectivity index (χ3v) is 4.13. The average molecular weight is 358 g/mol. The first kappa shape index (κ1) is 17.3. The second-order valence-electron chi connectivity index (χ2n) is 6.11. The van der Waals surface area contributed by atoms with E-state index in [2.05, 4.69) is 5.10 Å². The summed E-state index contributed by atoms with van der Waals surface area (Å²) in [4.78, 5) is 12.5. The molecule has 25 heavy (non-hydrogen) atoms. The molecule has 0 N–H and O–H groups in total. The van der Waals surface area contributed by atoms with E-state index in [9.17, 15) is 4.79 Å². The second-order valence-corrected chi connectivity index (χ2v) is 6.52. The molecule has 0 bridgehead atoms. The lowest BCUT2D eigenvalue weighted by Gasteiger charge is -2.09. The molecule has 0 amide bonds. The predicted molar refractivity (Wildman–Crippen MR) is 98.8 cm³/mol. The Morgan fingerprint density at radius 3 is 2.44 bits per heavy atom. The van der Waals surface area contributed by atoms with Crippen molar-refractivity contribution >= 4 is 11.6 Å². The molecule has 0 fully saturated rings. The Morgan fingerprint density at radius 1 is 1.12 bits per heavy atom. The summed E-state index contributed by atoms with van der Waals surface area (Å²) < 4.78 is 8.53. The highest BCUT2D eigenvalue weighted by Crippen LogP contribution is 2.19. The van der Waals surface area contributed by atoms with Gasteiger partial charge in [-0.2, -0.15) is 4.68 Å². The van der Waals surface area contributed by atoms with Crippen LogP contribution in [-0.2, 0) is 13.5 Å². The number of ether oxygens (including phenoxy) is 1. The van der Waals surface area contributed by atoms with Crippen molar-refractivity contribution in [2.75, 3.05) is 0 Å². The van der Waals surface area contributed by atoms with Crippen molar-refractivity contribution < 1.29 is 4.74 Å². The van der Waals surface area contributed by atoms with Gasteiger partial charge >= 0.3 is 5.69 Å². The first-order valence-electron chi connectivity index (χ1n) is 8.11. The van der Waals surface area contributed by atoms with Gasteiger partial charge in [0.05, 0.1) is 16.8 Å². The Kier molecular flexibility index (Phi) is 4.95. The minimum Gasteiger partial charge on any atom is -0.491 e. The van der Waals surface area contributed by atoms with Crippen molar-refractivity contribution in [2.24, 2.45) is 7.05 Å². The molecule has 1 aromatic heterocycles. The van der Waals surface area contributed by atoms with Crippen LogP contribution in [-0.4, -0.2) is 20.5 Å². The van der Waals surface area contributed by atoms with Crippen LogP contribution < -0.4 is 10.4 Å². The maximum Gasteiger partial charge on any atom is 0.350 e.